The lowest BCUT2D eigenvalue weighted by molar-refractivity contribution is -0.297. The maximum absolute atomic E-state index is 12.8. The molecule has 0 radical (unpaired) electrons. The third kappa shape index (κ3) is 29.7. The molecule has 0 saturated carbocycles. The van der Waals surface area contributed by atoms with Crippen LogP contribution in [0.4, 0.5) is 0 Å². The first-order valence-electron chi connectivity index (χ1n) is 22.1. The second-order valence-corrected chi connectivity index (χ2v) is 16.9. The molecule has 1 rings (SSSR count). The van der Waals surface area contributed by atoms with Crippen LogP contribution in [0, 0.1) is 0 Å². The third-order valence-electron chi connectivity index (χ3n) is 9.97. The minimum Gasteiger partial charge on any atom is -0.462 e. The molecule has 0 aliphatic carbocycles. The molecule has 0 amide bonds. The zero-order valence-electron chi connectivity index (χ0n) is 35.2. The molecule has 57 heavy (non-hydrogen) atoms. The SMILES string of the molecule is CCCCCC/C=C/C=C/CCCCCCCC(=O)O[C@H](COC(=O)CCCCCCC/C=C/CCCCCCC)CO[C@H]1O[C@H](CS(=O)(=O)O)[C@@H](O)C(O)C1O. The number of esters is 2. The van der Waals surface area contributed by atoms with Crippen molar-refractivity contribution in [3.8, 4) is 0 Å². The highest BCUT2D eigenvalue weighted by molar-refractivity contribution is 7.85. The van der Waals surface area contributed by atoms with E-state index in [1.807, 2.05) is 0 Å². The van der Waals surface area contributed by atoms with Crippen LogP contribution < -0.4 is 0 Å². The van der Waals surface area contributed by atoms with Crippen molar-refractivity contribution in [3.05, 3.63) is 36.5 Å². The minimum absolute atomic E-state index is 0.145. The van der Waals surface area contributed by atoms with E-state index in [4.69, 9.17) is 18.9 Å². The van der Waals surface area contributed by atoms with E-state index >= 15 is 0 Å². The van der Waals surface area contributed by atoms with Crippen LogP contribution in [0.3, 0.4) is 0 Å². The largest absolute Gasteiger partial charge is 0.462 e. The molecule has 332 valence electrons. The summed E-state index contributed by atoms with van der Waals surface area (Å²) in [4.78, 5) is 25.4. The number of ether oxygens (including phenoxy) is 4. The van der Waals surface area contributed by atoms with Crippen molar-refractivity contribution in [3.63, 3.8) is 0 Å². The molecule has 1 fully saturated rings. The number of allylic oxidation sites excluding steroid dienone is 6. The summed E-state index contributed by atoms with van der Waals surface area (Å²) < 4.78 is 54.0. The highest BCUT2D eigenvalue weighted by Crippen LogP contribution is 2.24. The van der Waals surface area contributed by atoms with Crippen molar-refractivity contribution in [2.24, 2.45) is 0 Å². The molecule has 6 atom stereocenters. The van der Waals surface area contributed by atoms with Gasteiger partial charge in [-0.2, -0.15) is 8.42 Å². The Labute approximate surface area is 344 Å². The maximum Gasteiger partial charge on any atom is 0.306 e. The van der Waals surface area contributed by atoms with E-state index in [0.717, 1.165) is 77.0 Å². The standard InChI is InChI=1S/C44H78O12S/c1-3-5-7-9-11-13-15-17-19-21-23-25-27-29-31-33-40(46)55-37(35-54-44-43(49)42(48)41(47)38(56-44)36-57(50,51)52)34-53-39(45)32-30-28-26-24-22-20-18-16-14-12-10-8-6-4-2/h13,15-19,37-38,41-44,47-49H,3-12,14,20-36H2,1-2H3,(H,50,51,52)/b15-13+,18-16+,19-17+/t37-,38-,41-,42?,43?,44+/m1/s1. The van der Waals surface area contributed by atoms with E-state index in [-0.39, 0.29) is 19.4 Å². The van der Waals surface area contributed by atoms with Gasteiger partial charge in [-0.15, -0.1) is 0 Å². The van der Waals surface area contributed by atoms with Gasteiger partial charge in [-0.25, -0.2) is 0 Å². The summed E-state index contributed by atoms with van der Waals surface area (Å²) in [5, 5.41) is 30.8. The molecular formula is C44H78O12S. The molecular weight excluding hydrogens is 753 g/mol. The zero-order valence-corrected chi connectivity index (χ0v) is 36.0. The Hall–Kier alpha value is -2.13. The maximum atomic E-state index is 12.8. The van der Waals surface area contributed by atoms with Gasteiger partial charge in [0.1, 0.15) is 36.8 Å². The summed E-state index contributed by atoms with van der Waals surface area (Å²) in [7, 11) is -4.60. The number of carbonyl (C=O) groups excluding carboxylic acids is 2. The van der Waals surface area contributed by atoms with Crippen molar-refractivity contribution in [1.29, 1.82) is 0 Å². The summed E-state index contributed by atoms with van der Waals surface area (Å²) in [6, 6.07) is 0. The number of aliphatic hydroxyl groups excluding tert-OH is 3. The van der Waals surface area contributed by atoms with E-state index in [1.54, 1.807) is 0 Å². The molecule has 1 saturated heterocycles. The quantitative estimate of drug-likeness (QED) is 0.0155. The second kappa shape index (κ2) is 34.7. The summed E-state index contributed by atoms with van der Waals surface area (Å²) in [5.74, 6) is -2.01. The molecule has 0 bridgehead atoms. The summed E-state index contributed by atoms with van der Waals surface area (Å²) in [6.07, 6.45) is 29.0. The Morgan fingerprint density at radius 1 is 0.596 bits per heavy atom. The van der Waals surface area contributed by atoms with Gasteiger partial charge in [0.05, 0.1) is 6.61 Å². The lowest BCUT2D eigenvalue weighted by Crippen LogP contribution is -2.60. The molecule has 2 unspecified atom stereocenters. The topological polar surface area (TPSA) is 186 Å². The zero-order chi connectivity index (χ0) is 42.0. The predicted molar refractivity (Wildman–Crippen MR) is 224 cm³/mol. The molecule has 4 N–H and O–H groups in total. The van der Waals surface area contributed by atoms with Crippen LogP contribution in [0.2, 0.25) is 0 Å². The van der Waals surface area contributed by atoms with Gasteiger partial charge in [-0.05, 0) is 64.2 Å². The molecule has 13 heteroatoms. The van der Waals surface area contributed by atoms with Crippen molar-refractivity contribution in [2.75, 3.05) is 19.0 Å². The smallest absolute Gasteiger partial charge is 0.306 e. The fraction of sp³-hybridized carbons (Fsp3) is 0.818. The number of rotatable bonds is 36. The fourth-order valence-electron chi connectivity index (χ4n) is 6.48. The number of hydrogen-bond donors (Lipinski definition) is 4. The fourth-order valence-corrected chi connectivity index (χ4v) is 7.18. The van der Waals surface area contributed by atoms with Crippen molar-refractivity contribution >= 4 is 22.1 Å². The van der Waals surface area contributed by atoms with Crippen molar-refractivity contribution in [1.82, 2.24) is 0 Å². The predicted octanol–water partition coefficient (Wildman–Crippen LogP) is 8.61. The summed E-state index contributed by atoms with van der Waals surface area (Å²) >= 11 is 0. The van der Waals surface area contributed by atoms with Gasteiger partial charge in [-0.1, -0.05) is 134 Å². The number of hydrogen-bond acceptors (Lipinski definition) is 11. The van der Waals surface area contributed by atoms with Crippen molar-refractivity contribution < 1.29 is 56.8 Å². The van der Waals surface area contributed by atoms with Crippen LogP contribution >= 0.6 is 0 Å². The van der Waals surface area contributed by atoms with Crippen LogP contribution in [0.25, 0.3) is 0 Å². The molecule has 12 nitrogen and oxygen atoms in total. The average molecular weight is 831 g/mol. The summed E-state index contributed by atoms with van der Waals surface area (Å²) in [6.45, 7) is 3.70. The Balaban J connectivity index is 2.49. The molecule has 0 spiro atoms. The van der Waals surface area contributed by atoms with Gasteiger partial charge >= 0.3 is 11.9 Å². The molecule has 1 heterocycles. The van der Waals surface area contributed by atoms with Gasteiger partial charge in [0.2, 0.25) is 0 Å². The second-order valence-electron chi connectivity index (χ2n) is 15.4. The minimum atomic E-state index is -4.60. The normalized spacial score (nSPS) is 20.8. The van der Waals surface area contributed by atoms with Crippen molar-refractivity contribution in [2.45, 2.75) is 211 Å². The van der Waals surface area contributed by atoms with Gasteiger partial charge < -0.3 is 34.3 Å². The molecule has 0 aromatic carbocycles. The first-order valence-corrected chi connectivity index (χ1v) is 23.7. The molecule has 0 aromatic heterocycles. The van der Waals surface area contributed by atoms with Crippen LogP contribution in [0.1, 0.15) is 174 Å². The van der Waals surface area contributed by atoms with Crippen LogP contribution in [-0.4, -0.2) is 96.0 Å². The number of aliphatic hydroxyl groups is 3. The number of carbonyl (C=O) groups is 2. The average Bonchev–Trinajstić information content (AvgIpc) is 3.17. The lowest BCUT2D eigenvalue weighted by atomic mass is 10.00. The first-order chi connectivity index (χ1) is 27.5. The van der Waals surface area contributed by atoms with Gasteiger partial charge in [0.15, 0.2) is 12.4 Å². The Morgan fingerprint density at radius 3 is 1.58 bits per heavy atom. The van der Waals surface area contributed by atoms with Crippen LogP contribution in [-0.2, 0) is 38.7 Å². The molecule has 1 aliphatic rings. The van der Waals surface area contributed by atoms with Gasteiger partial charge in [0, 0.05) is 12.8 Å². The third-order valence-corrected chi connectivity index (χ3v) is 10.7. The van der Waals surface area contributed by atoms with E-state index in [2.05, 4.69) is 50.3 Å². The Kier molecular flexibility index (Phi) is 32.2. The Morgan fingerprint density at radius 2 is 1.05 bits per heavy atom. The van der Waals surface area contributed by atoms with Crippen LogP contribution in [0.5, 0.6) is 0 Å². The van der Waals surface area contributed by atoms with E-state index in [0.29, 0.717) is 12.8 Å². The van der Waals surface area contributed by atoms with Gasteiger partial charge in [0.25, 0.3) is 10.1 Å². The monoisotopic (exact) mass is 831 g/mol. The van der Waals surface area contributed by atoms with E-state index in [9.17, 15) is 37.9 Å². The Bertz CT molecular complexity index is 1200. The highest BCUT2D eigenvalue weighted by Gasteiger charge is 2.46. The van der Waals surface area contributed by atoms with E-state index < -0.39 is 71.2 Å². The first kappa shape index (κ1) is 52.9. The van der Waals surface area contributed by atoms with E-state index in [1.165, 1.54) is 57.8 Å². The molecule has 1 aliphatic heterocycles. The summed E-state index contributed by atoms with van der Waals surface area (Å²) in [5.41, 5.74) is 0. The lowest BCUT2D eigenvalue weighted by Gasteiger charge is -2.40. The molecule has 0 aromatic rings. The highest BCUT2D eigenvalue weighted by atomic mass is 32.2. The number of unbranched alkanes of at least 4 members (excludes halogenated alkanes) is 19. The van der Waals surface area contributed by atoms with Gasteiger partial charge in [-0.3, -0.25) is 14.1 Å². The van der Waals surface area contributed by atoms with Crippen LogP contribution in [0.15, 0.2) is 36.5 Å².